The Hall–Kier alpha value is -1.42. The summed E-state index contributed by atoms with van der Waals surface area (Å²) < 4.78 is 18.6. The maximum Gasteiger partial charge on any atom is 0.338 e. The molecule has 2 fully saturated rings. The molecule has 1 aliphatic heterocycles. The van der Waals surface area contributed by atoms with Gasteiger partial charge in [0.15, 0.2) is 0 Å². The van der Waals surface area contributed by atoms with E-state index in [0.717, 1.165) is 37.9 Å². The molecule has 0 bridgehead atoms. The number of likely N-dealkylation sites (tertiary alicyclic amines) is 1. The third-order valence-electron chi connectivity index (χ3n) is 6.13. The third-order valence-corrected chi connectivity index (χ3v) is 6.13. The van der Waals surface area contributed by atoms with Gasteiger partial charge in [0.25, 0.3) is 0 Å². The van der Waals surface area contributed by atoms with Gasteiger partial charge in [0.2, 0.25) is 0 Å². The highest BCUT2D eigenvalue weighted by Gasteiger charge is 2.30. The van der Waals surface area contributed by atoms with Crippen LogP contribution in [0.25, 0.3) is 0 Å². The van der Waals surface area contributed by atoms with E-state index in [0.29, 0.717) is 5.56 Å². The van der Waals surface area contributed by atoms with Crippen molar-refractivity contribution in [3.05, 3.63) is 35.6 Å². The monoisotopic (exact) mass is 361 g/mol. The molecule has 2 aliphatic rings. The smallest absolute Gasteiger partial charge is 0.338 e. The van der Waals surface area contributed by atoms with Gasteiger partial charge >= 0.3 is 5.97 Å². The standard InChI is InChI=1S/C22H32FNO2/c1-2-3-4-17-5-11-20(12-6-17)24-15-13-21(14-16-24)26-22(25)18-7-9-19(23)10-8-18/h7-10,17,20-21H,2-6,11-16H2,1H3/t17-,20-. The first-order valence-corrected chi connectivity index (χ1v) is 10.4. The predicted molar refractivity (Wildman–Crippen MR) is 102 cm³/mol. The van der Waals surface area contributed by atoms with E-state index >= 15 is 0 Å². The lowest BCUT2D eigenvalue weighted by molar-refractivity contribution is 0.00163. The molecule has 0 unspecified atom stereocenters. The third kappa shape index (κ3) is 5.29. The number of hydrogen-bond acceptors (Lipinski definition) is 3. The van der Waals surface area contributed by atoms with Crippen molar-refractivity contribution >= 4 is 5.97 Å². The summed E-state index contributed by atoms with van der Waals surface area (Å²) in [4.78, 5) is 14.8. The summed E-state index contributed by atoms with van der Waals surface area (Å²) in [7, 11) is 0. The van der Waals surface area contributed by atoms with Crippen LogP contribution in [-0.2, 0) is 4.74 Å². The van der Waals surface area contributed by atoms with Crippen LogP contribution in [-0.4, -0.2) is 36.1 Å². The second-order valence-corrected chi connectivity index (χ2v) is 7.96. The quantitative estimate of drug-likeness (QED) is 0.653. The number of benzene rings is 1. The minimum Gasteiger partial charge on any atom is -0.459 e. The van der Waals surface area contributed by atoms with Crippen LogP contribution in [0.3, 0.4) is 0 Å². The number of rotatable bonds is 6. The van der Waals surface area contributed by atoms with Crippen molar-refractivity contribution < 1.29 is 13.9 Å². The number of nitrogens with zero attached hydrogens (tertiary/aromatic N) is 1. The number of carbonyl (C=O) groups is 1. The molecule has 1 aromatic rings. The molecule has 0 amide bonds. The van der Waals surface area contributed by atoms with Crippen molar-refractivity contribution in [1.29, 1.82) is 0 Å². The largest absolute Gasteiger partial charge is 0.459 e. The average molecular weight is 362 g/mol. The molecular weight excluding hydrogens is 329 g/mol. The summed E-state index contributed by atoms with van der Waals surface area (Å²) in [5, 5.41) is 0. The Morgan fingerprint density at radius 1 is 1.08 bits per heavy atom. The van der Waals surface area contributed by atoms with Gasteiger partial charge in [-0.3, -0.25) is 0 Å². The summed E-state index contributed by atoms with van der Waals surface area (Å²) in [5.74, 6) is 0.277. The lowest BCUT2D eigenvalue weighted by Gasteiger charge is -2.40. The predicted octanol–water partition coefficient (Wildman–Crippen LogP) is 5.20. The maximum atomic E-state index is 13.0. The zero-order chi connectivity index (χ0) is 18.4. The Labute approximate surface area is 156 Å². The fourth-order valence-electron chi connectivity index (χ4n) is 4.46. The van der Waals surface area contributed by atoms with Crippen molar-refractivity contribution in [2.45, 2.75) is 76.9 Å². The van der Waals surface area contributed by atoms with E-state index in [4.69, 9.17) is 4.74 Å². The normalized spacial score (nSPS) is 25.2. The molecule has 3 rings (SSSR count). The fourth-order valence-corrected chi connectivity index (χ4v) is 4.46. The lowest BCUT2D eigenvalue weighted by Crippen LogP contribution is -2.45. The van der Waals surface area contributed by atoms with Crippen molar-refractivity contribution in [2.24, 2.45) is 5.92 Å². The summed E-state index contributed by atoms with van der Waals surface area (Å²) in [5.41, 5.74) is 0.430. The molecule has 1 aliphatic carbocycles. The SMILES string of the molecule is CCCC[C@H]1CC[C@H](N2CCC(OC(=O)c3ccc(F)cc3)CC2)CC1. The molecule has 3 nitrogen and oxygen atoms in total. The minimum absolute atomic E-state index is 0.00954. The molecule has 26 heavy (non-hydrogen) atoms. The molecule has 0 spiro atoms. The van der Waals surface area contributed by atoms with Gasteiger partial charge in [-0.1, -0.05) is 26.2 Å². The van der Waals surface area contributed by atoms with E-state index in [-0.39, 0.29) is 17.9 Å². The van der Waals surface area contributed by atoms with Crippen molar-refractivity contribution in [3.63, 3.8) is 0 Å². The van der Waals surface area contributed by atoms with E-state index in [2.05, 4.69) is 11.8 Å². The van der Waals surface area contributed by atoms with Crippen molar-refractivity contribution in [2.75, 3.05) is 13.1 Å². The number of ether oxygens (including phenoxy) is 1. The summed E-state index contributed by atoms with van der Waals surface area (Å²) in [6, 6.07) is 6.31. The van der Waals surface area contributed by atoms with Gasteiger partial charge in [-0.25, -0.2) is 9.18 Å². The van der Waals surface area contributed by atoms with Crippen LogP contribution in [0, 0.1) is 11.7 Å². The van der Waals surface area contributed by atoms with Gasteiger partial charge < -0.3 is 9.64 Å². The molecule has 0 N–H and O–H groups in total. The van der Waals surface area contributed by atoms with Crippen LogP contribution in [0.15, 0.2) is 24.3 Å². The minimum atomic E-state index is -0.334. The van der Waals surface area contributed by atoms with Crippen LogP contribution in [0.4, 0.5) is 4.39 Å². The van der Waals surface area contributed by atoms with Gasteiger partial charge in [-0.15, -0.1) is 0 Å². The average Bonchev–Trinajstić information content (AvgIpc) is 2.68. The zero-order valence-corrected chi connectivity index (χ0v) is 16.0. The van der Waals surface area contributed by atoms with Crippen molar-refractivity contribution in [3.8, 4) is 0 Å². The summed E-state index contributed by atoms with van der Waals surface area (Å²) in [6.45, 7) is 4.32. The van der Waals surface area contributed by atoms with E-state index in [1.165, 1.54) is 69.2 Å². The number of halogens is 1. The Bertz CT molecular complexity index is 558. The Kier molecular flexibility index (Phi) is 7.07. The maximum absolute atomic E-state index is 13.0. The van der Waals surface area contributed by atoms with Gasteiger partial charge in [0.1, 0.15) is 11.9 Å². The molecule has 0 atom stereocenters. The van der Waals surface area contributed by atoms with E-state index in [1.807, 2.05) is 0 Å². The first-order chi connectivity index (χ1) is 12.7. The number of esters is 1. The summed E-state index contributed by atoms with van der Waals surface area (Å²) >= 11 is 0. The lowest BCUT2D eigenvalue weighted by atomic mass is 9.82. The Balaban J connectivity index is 1.39. The zero-order valence-electron chi connectivity index (χ0n) is 16.0. The molecule has 1 saturated carbocycles. The van der Waals surface area contributed by atoms with Crippen LogP contribution in [0.2, 0.25) is 0 Å². The molecule has 1 aromatic carbocycles. The van der Waals surface area contributed by atoms with Gasteiger partial charge in [-0.05, 0) is 68.7 Å². The van der Waals surface area contributed by atoms with Gasteiger partial charge in [0.05, 0.1) is 5.56 Å². The molecule has 0 radical (unpaired) electrons. The second kappa shape index (κ2) is 9.50. The molecule has 0 aromatic heterocycles. The van der Waals surface area contributed by atoms with Crippen LogP contribution >= 0.6 is 0 Å². The van der Waals surface area contributed by atoms with E-state index in [1.54, 1.807) is 0 Å². The van der Waals surface area contributed by atoms with Crippen molar-refractivity contribution in [1.82, 2.24) is 4.90 Å². The highest BCUT2D eigenvalue weighted by atomic mass is 19.1. The second-order valence-electron chi connectivity index (χ2n) is 7.96. The van der Waals surface area contributed by atoms with E-state index in [9.17, 15) is 9.18 Å². The number of carbonyl (C=O) groups excluding carboxylic acids is 1. The van der Waals surface area contributed by atoms with Crippen LogP contribution < -0.4 is 0 Å². The van der Waals surface area contributed by atoms with Crippen LogP contribution in [0.1, 0.15) is 75.1 Å². The molecule has 1 heterocycles. The molecular formula is C22H32FNO2. The first-order valence-electron chi connectivity index (χ1n) is 10.4. The number of unbranched alkanes of at least 4 members (excludes halogenated alkanes) is 1. The number of hydrogen-bond donors (Lipinski definition) is 0. The van der Waals surface area contributed by atoms with Crippen LogP contribution in [0.5, 0.6) is 0 Å². The fraction of sp³-hybridized carbons (Fsp3) is 0.682. The highest BCUT2D eigenvalue weighted by Crippen LogP contribution is 2.32. The molecule has 144 valence electrons. The van der Waals surface area contributed by atoms with Gasteiger partial charge in [-0.2, -0.15) is 0 Å². The summed E-state index contributed by atoms with van der Waals surface area (Å²) in [6.07, 6.45) is 11.3. The number of piperidine rings is 1. The topological polar surface area (TPSA) is 29.5 Å². The van der Waals surface area contributed by atoms with E-state index < -0.39 is 0 Å². The molecule has 4 heteroatoms. The Morgan fingerprint density at radius 2 is 1.73 bits per heavy atom. The van der Waals surface area contributed by atoms with Gasteiger partial charge in [0, 0.05) is 19.1 Å². The Morgan fingerprint density at radius 3 is 2.35 bits per heavy atom. The first kappa shape index (κ1) is 19.3. The molecule has 1 saturated heterocycles. The highest BCUT2D eigenvalue weighted by molar-refractivity contribution is 5.89.